The number of hydrazine groups is 1. The maximum atomic E-state index is 12.9. The highest BCUT2D eigenvalue weighted by Crippen LogP contribution is 2.20. The smallest absolute Gasteiger partial charge is 0.275 e. The first-order valence-electron chi connectivity index (χ1n) is 10.8. The summed E-state index contributed by atoms with van der Waals surface area (Å²) in [7, 11) is 1.56. The number of amides is 2. The van der Waals surface area contributed by atoms with Crippen molar-refractivity contribution in [2.45, 2.75) is 32.4 Å². The van der Waals surface area contributed by atoms with E-state index in [1.165, 1.54) is 5.01 Å². The highest BCUT2D eigenvalue weighted by atomic mass is 16.5. The Hall–Kier alpha value is -3.61. The van der Waals surface area contributed by atoms with E-state index in [1.807, 2.05) is 0 Å². The number of nitrogens with zero attached hydrogens (tertiary/aromatic N) is 5. The summed E-state index contributed by atoms with van der Waals surface area (Å²) in [5, 5.41) is 16.9. The number of aliphatic hydroxyl groups is 1. The van der Waals surface area contributed by atoms with Gasteiger partial charge in [0, 0.05) is 26.4 Å². The van der Waals surface area contributed by atoms with Crippen LogP contribution in [0, 0.1) is 0 Å². The zero-order chi connectivity index (χ0) is 24.7. The summed E-state index contributed by atoms with van der Waals surface area (Å²) in [6.45, 7) is 2.89. The van der Waals surface area contributed by atoms with Crippen LogP contribution in [0.1, 0.15) is 40.7 Å². The number of rotatable bonds is 8. The lowest BCUT2D eigenvalue weighted by Gasteiger charge is -2.29. The molecule has 0 aliphatic carbocycles. The molecule has 0 bridgehead atoms. The highest BCUT2D eigenvalue weighted by molar-refractivity contribution is 6.03. The molecule has 3 rings (SSSR count). The molecule has 0 saturated heterocycles. The molecule has 6 N–H and O–H groups in total. The standard InChI is InChI=1S/C22H30N8O4/c1-14(13-31)30(24)21(28-23)17-4-3-5-19(26-17)27-22(33)18-10-16-12-29(20(32)7-9-34-2)8-6-15(16)11-25-18/h3-5,10-11,14,31H,6-9,12-13,23-24H2,1-2H3,(H,26,27,33)/b28-21-. The van der Waals surface area contributed by atoms with Crippen LogP contribution in [0.25, 0.3) is 0 Å². The second-order valence-corrected chi connectivity index (χ2v) is 7.90. The lowest BCUT2D eigenvalue weighted by molar-refractivity contribution is -0.133. The number of aliphatic hydroxyl groups excluding tert-OH is 1. The molecular weight excluding hydrogens is 440 g/mol. The van der Waals surface area contributed by atoms with Crippen molar-refractivity contribution in [2.75, 3.05) is 32.2 Å². The van der Waals surface area contributed by atoms with Crippen molar-refractivity contribution in [1.82, 2.24) is 19.9 Å². The Kier molecular flexibility index (Phi) is 8.46. The average Bonchev–Trinajstić information content (AvgIpc) is 2.86. The molecule has 1 aliphatic heterocycles. The highest BCUT2D eigenvalue weighted by Gasteiger charge is 2.23. The number of hydrazone groups is 1. The third kappa shape index (κ3) is 5.84. The van der Waals surface area contributed by atoms with Crippen LogP contribution >= 0.6 is 0 Å². The van der Waals surface area contributed by atoms with Gasteiger partial charge in [0.15, 0.2) is 5.84 Å². The number of carbonyl (C=O) groups excluding carboxylic acids is 2. The number of fused-ring (bicyclic) bond motifs is 1. The van der Waals surface area contributed by atoms with Crippen LogP contribution < -0.4 is 17.0 Å². The molecule has 2 aromatic heterocycles. The second kappa shape index (κ2) is 11.5. The van der Waals surface area contributed by atoms with Crippen molar-refractivity contribution in [1.29, 1.82) is 0 Å². The zero-order valence-corrected chi connectivity index (χ0v) is 19.3. The third-order valence-electron chi connectivity index (χ3n) is 5.53. The minimum absolute atomic E-state index is 0.0122. The molecule has 0 fully saturated rings. The lowest BCUT2D eigenvalue weighted by atomic mass is 10.0. The van der Waals surface area contributed by atoms with Gasteiger partial charge in [-0.25, -0.2) is 10.8 Å². The number of nitrogens with one attached hydrogen (secondary N) is 1. The Balaban J connectivity index is 1.73. The van der Waals surface area contributed by atoms with Crippen molar-refractivity contribution in [2.24, 2.45) is 16.8 Å². The van der Waals surface area contributed by atoms with Gasteiger partial charge in [-0.15, -0.1) is 0 Å². The van der Waals surface area contributed by atoms with Gasteiger partial charge in [0.1, 0.15) is 17.2 Å². The van der Waals surface area contributed by atoms with Crippen LogP contribution in [0.15, 0.2) is 35.6 Å². The summed E-state index contributed by atoms with van der Waals surface area (Å²) in [6.07, 6.45) is 2.67. The molecule has 2 amide bonds. The van der Waals surface area contributed by atoms with Crippen molar-refractivity contribution in [3.05, 3.63) is 53.0 Å². The van der Waals surface area contributed by atoms with Crippen molar-refractivity contribution in [3.8, 4) is 0 Å². The molecule has 1 aliphatic rings. The van der Waals surface area contributed by atoms with Crippen LogP contribution in [-0.4, -0.2) is 75.5 Å². The Labute approximate surface area is 197 Å². The molecule has 1 unspecified atom stereocenters. The predicted octanol–water partition coefficient (Wildman–Crippen LogP) is -0.173. The van der Waals surface area contributed by atoms with E-state index in [2.05, 4.69) is 20.4 Å². The molecule has 2 aromatic rings. The van der Waals surface area contributed by atoms with Gasteiger partial charge in [-0.3, -0.25) is 19.6 Å². The minimum Gasteiger partial charge on any atom is -0.394 e. The molecule has 182 valence electrons. The predicted molar refractivity (Wildman–Crippen MR) is 125 cm³/mol. The zero-order valence-electron chi connectivity index (χ0n) is 19.3. The number of carbonyl (C=O) groups is 2. The van der Waals surface area contributed by atoms with Gasteiger partial charge in [0.2, 0.25) is 5.91 Å². The fourth-order valence-electron chi connectivity index (χ4n) is 3.49. The molecule has 1 atom stereocenters. The summed E-state index contributed by atoms with van der Waals surface area (Å²) in [6, 6.07) is 6.17. The van der Waals surface area contributed by atoms with Gasteiger partial charge in [0.05, 0.1) is 25.7 Å². The monoisotopic (exact) mass is 470 g/mol. The molecule has 12 heteroatoms. The number of aromatic nitrogens is 2. The van der Waals surface area contributed by atoms with E-state index in [9.17, 15) is 14.7 Å². The maximum absolute atomic E-state index is 12.9. The summed E-state index contributed by atoms with van der Waals surface area (Å²) in [4.78, 5) is 35.6. The van der Waals surface area contributed by atoms with Crippen LogP contribution in [0.5, 0.6) is 0 Å². The molecule has 0 spiro atoms. The number of amidine groups is 1. The normalized spacial score (nSPS) is 14.4. The molecular formula is C22H30N8O4. The molecule has 0 saturated carbocycles. The van der Waals surface area contributed by atoms with Gasteiger partial charge in [0.25, 0.3) is 5.91 Å². The Morgan fingerprint density at radius 3 is 2.85 bits per heavy atom. The van der Waals surface area contributed by atoms with E-state index in [4.69, 9.17) is 16.4 Å². The Bertz CT molecular complexity index is 1060. The van der Waals surface area contributed by atoms with E-state index in [0.29, 0.717) is 38.2 Å². The summed E-state index contributed by atoms with van der Waals surface area (Å²) >= 11 is 0. The van der Waals surface area contributed by atoms with E-state index < -0.39 is 11.9 Å². The molecule has 0 radical (unpaired) electrons. The molecule has 0 aromatic carbocycles. The van der Waals surface area contributed by atoms with Crippen LogP contribution in [-0.2, 0) is 22.5 Å². The van der Waals surface area contributed by atoms with Gasteiger partial charge in [-0.1, -0.05) is 6.07 Å². The number of nitrogens with two attached hydrogens (primary N) is 2. The Morgan fingerprint density at radius 1 is 1.35 bits per heavy atom. The molecule has 34 heavy (non-hydrogen) atoms. The second-order valence-electron chi connectivity index (χ2n) is 7.90. The molecule has 12 nitrogen and oxygen atoms in total. The number of anilines is 1. The number of methoxy groups -OCH3 is 1. The SMILES string of the molecule is COCCC(=O)N1CCc2cnc(C(=O)Nc3cccc(/C(=N/N)N(N)C(C)CO)n3)cc2C1. The average molecular weight is 471 g/mol. The van der Waals surface area contributed by atoms with Crippen LogP contribution in [0.3, 0.4) is 0 Å². The van der Waals surface area contributed by atoms with E-state index in [0.717, 1.165) is 11.1 Å². The Morgan fingerprint density at radius 2 is 2.15 bits per heavy atom. The topological polar surface area (TPSA) is 172 Å². The van der Waals surface area contributed by atoms with E-state index >= 15 is 0 Å². The maximum Gasteiger partial charge on any atom is 0.275 e. The van der Waals surface area contributed by atoms with Crippen molar-refractivity contribution < 1.29 is 19.4 Å². The van der Waals surface area contributed by atoms with Crippen LogP contribution in [0.4, 0.5) is 5.82 Å². The first kappa shape index (κ1) is 25.0. The number of hydrogen-bond donors (Lipinski definition) is 4. The first-order chi connectivity index (χ1) is 16.4. The number of ether oxygens (including phenoxy) is 1. The van der Waals surface area contributed by atoms with Gasteiger partial charge < -0.3 is 25.9 Å². The molecule has 3 heterocycles. The number of pyridine rings is 2. The van der Waals surface area contributed by atoms with E-state index in [1.54, 1.807) is 49.4 Å². The summed E-state index contributed by atoms with van der Waals surface area (Å²) < 4.78 is 4.99. The fraction of sp³-hybridized carbons (Fsp3) is 0.409. The van der Waals surface area contributed by atoms with Gasteiger partial charge in [-0.2, -0.15) is 5.10 Å². The fourth-order valence-corrected chi connectivity index (χ4v) is 3.49. The number of hydrogen-bond acceptors (Lipinski definition) is 9. The third-order valence-corrected chi connectivity index (χ3v) is 5.53. The van der Waals surface area contributed by atoms with Crippen LogP contribution in [0.2, 0.25) is 0 Å². The van der Waals surface area contributed by atoms with Crippen molar-refractivity contribution in [3.63, 3.8) is 0 Å². The summed E-state index contributed by atoms with van der Waals surface area (Å²) in [5.74, 6) is 11.4. The quantitative estimate of drug-likeness (QED) is 0.177. The lowest BCUT2D eigenvalue weighted by Crippen LogP contribution is -2.47. The van der Waals surface area contributed by atoms with Gasteiger partial charge >= 0.3 is 0 Å². The van der Waals surface area contributed by atoms with Crippen molar-refractivity contribution >= 4 is 23.5 Å². The van der Waals surface area contributed by atoms with Gasteiger partial charge in [-0.05, 0) is 42.7 Å². The minimum atomic E-state index is -0.449. The largest absolute Gasteiger partial charge is 0.394 e. The summed E-state index contributed by atoms with van der Waals surface area (Å²) in [5.41, 5.74) is 2.43. The van der Waals surface area contributed by atoms with E-state index in [-0.39, 0.29) is 29.9 Å². The first-order valence-corrected chi connectivity index (χ1v) is 10.8.